The van der Waals surface area contributed by atoms with Crippen LogP contribution in [0, 0.1) is 18.6 Å². The van der Waals surface area contributed by atoms with Gasteiger partial charge < -0.3 is 5.32 Å². The third-order valence-electron chi connectivity index (χ3n) is 2.94. The third-order valence-corrected chi connectivity index (χ3v) is 2.94. The van der Waals surface area contributed by atoms with E-state index in [-0.39, 0.29) is 0 Å². The smallest absolute Gasteiger partial charge is 0.126 e. The molecule has 1 heterocycles. The molecule has 0 aliphatic rings. The lowest BCUT2D eigenvalue weighted by Crippen LogP contribution is -2.13. The Morgan fingerprint density at radius 1 is 1.16 bits per heavy atom. The van der Waals surface area contributed by atoms with E-state index in [0.717, 1.165) is 23.9 Å². The molecule has 0 fully saturated rings. The Labute approximate surface area is 111 Å². The zero-order valence-electron chi connectivity index (χ0n) is 11.1. The normalized spacial score (nSPS) is 10.9. The highest BCUT2D eigenvalue weighted by atomic mass is 19.1. The van der Waals surface area contributed by atoms with Gasteiger partial charge in [0.1, 0.15) is 11.6 Å². The van der Waals surface area contributed by atoms with Gasteiger partial charge in [-0.15, -0.1) is 0 Å². The molecular formula is C14H17F2N3. The summed E-state index contributed by atoms with van der Waals surface area (Å²) in [5, 5.41) is 7.50. The Kier molecular flexibility index (Phi) is 4.27. The molecule has 0 atom stereocenters. The second-order valence-electron chi connectivity index (χ2n) is 4.48. The van der Waals surface area contributed by atoms with Crippen LogP contribution in [0.1, 0.15) is 23.7 Å². The van der Waals surface area contributed by atoms with Gasteiger partial charge in [0.15, 0.2) is 0 Å². The maximum Gasteiger partial charge on any atom is 0.126 e. The number of benzene rings is 1. The highest BCUT2D eigenvalue weighted by Crippen LogP contribution is 2.09. The Balaban J connectivity index is 1.94. The molecule has 3 nitrogen and oxygen atoms in total. The van der Waals surface area contributed by atoms with Crippen LogP contribution in [0.15, 0.2) is 24.4 Å². The van der Waals surface area contributed by atoms with Gasteiger partial charge in [0.25, 0.3) is 0 Å². The zero-order chi connectivity index (χ0) is 13.8. The summed E-state index contributed by atoms with van der Waals surface area (Å²) in [7, 11) is 0. The van der Waals surface area contributed by atoms with Gasteiger partial charge in [-0.2, -0.15) is 5.10 Å². The molecule has 0 amide bonds. The van der Waals surface area contributed by atoms with Crippen molar-refractivity contribution >= 4 is 0 Å². The summed E-state index contributed by atoms with van der Waals surface area (Å²) in [6.45, 7) is 5.86. The summed E-state index contributed by atoms with van der Waals surface area (Å²) in [5.74, 6) is -1.10. The quantitative estimate of drug-likeness (QED) is 0.901. The number of rotatable bonds is 5. The zero-order valence-corrected chi connectivity index (χ0v) is 11.1. The fraction of sp³-hybridized carbons (Fsp3) is 0.357. The first-order chi connectivity index (χ1) is 9.08. The molecule has 1 aromatic heterocycles. The summed E-state index contributed by atoms with van der Waals surface area (Å²) in [4.78, 5) is 0. The van der Waals surface area contributed by atoms with E-state index in [1.165, 1.54) is 12.1 Å². The van der Waals surface area contributed by atoms with Gasteiger partial charge in [-0.3, -0.25) is 4.68 Å². The SMILES string of the molecule is CCn1cc(CNCc2cc(F)cc(F)c2)c(C)n1. The Hall–Kier alpha value is -1.75. The van der Waals surface area contributed by atoms with Crippen LogP contribution in [-0.4, -0.2) is 9.78 Å². The molecule has 0 unspecified atom stereocenters. The predicted molar refractivity (Wildman–Crippen MR) is 69.5 cm³/mol. The van der Waals surface area contributed by atoms with Gasteiger partial charge in [-0.05, 0) is 31.5 Å². The molecule has 5 heteroatoms. The topological polar surface area (TPSA) is 29.9 Å². The minimum atomic E-state index is -0.549. The first-order valence-corrected chi connectivity index (χ1v) is 6.27. The van der Waals surface area contributed by atoms with Crippen molar-refractivity contribution < 1.29 is 8.78 Å². The largest absolute Gasteiger partial charge is 0.308 e. The molecule has 0 spiro atoms. The van der Waals surface area contributed by atoms with E-state index in [0.29, 0.717) is 18.7 Å². The highest BCUT2D eigenvalue weighted by Gasteiger charge is 2.04. The lowest BCUT2D eigenvalue weighted by Gasteiger charge is -2.04. The molecule has 0 radical (unpaired) electrons. The summed E-state index contributed by atoms with van der Waals surface area (Å²) in [6.07, 6.45) is 1.98. The summed E-state index contributed by atoms with van der Waals surface area (Å²) < 4.78 is 27.9. The van der Waals surface area contributed by atoms with Crippen LogP contribution in [0.5, 0.6) is 0 Å². The first kappa shape index (κ1) is 13.7. The monoisotopic (exact) mass is 265 g/mol. The average molecular weight is 265 g/mol. The second-order valence-corrected chi connectivity index (χ2v) is 4.48. The lowest BCUT2D eigenvalue weighted by atomic mass is 10.2. The molecule has 19 heavy (non-hydrogen) atoms. The minimum absolute atomic E-state index is 0.422. The van der Waals surface area contributed by atoms with Crippen LogP contribution in [0.4, 0.5) is 8.78 Å². The number of halogens is 2. The van der Waals surface area contributed by atoms with Crippen LogP contribution in [0.25, 0.3) is 0 Å². The molecular weight excluding hydrogens is 248 g/mol. The lowest BCUT2D eigenvalue weighted by molar-refractivity contribution is 0.575. The maximum atomic E-state index is 13.0. The van der Waals surface area contributed by atoms with Crippen molar-refractivity contribution in [3.8, 4) is 0 Å². The van der Waals surface area contributed by atoms with E-state index in [9.17, 15) is 8.78 Å². The number of hydrogen-bond donors (Lipinski definition) is 1. The van der Waals surface area contributed by atoms with Gasteiger partial charge in [0.05, 0.1) is 5.69 Å². The van der Waals surface area contributed by atoms with Crippen molar-refractivity contribution in [2.24, 2.45) is 0 Å². The highest BCUT2D eigenvalue weighted by molar-refractivity contribution is 5.19. The molecule has 0 aliphatic carbocycles. The van der Waals surface area contributed by atoms with E-state index in [1.54, 1.807) is 0 Å². The predicted octanol–water partition coefficient (Wildman–Crippen LogP) is 2.78. The van der Waals surface area contributed by atoms with E-state index in [2.05, 4.69) is 10.4 Å². The maximum absolute atomic E-state index is 13.0. The molecule has 1 aromatic carbocycles. The molecule has 0 saturated carbocycles. The number of nitrogens with one attached hydrogen (secondary N) is 1. The van der Waals surface area contributed by atoms with Crippen molar-refractivity contribution in [2.45, 2.75) is 33.5 Å². The van der Waals surface area contributed by atoms with Crippen LogP contribution in [-0.2, 0) is 19.6 Å². The van der Waals surface area contributed by atoms with Crippen LogP contribution >= 0.6 is 0 Å². The Bertz CT molecular complexity index is 544. The molecule has 0 aliphatic heterocycles. The van der Waals surface area contributed by atoms with Crippen LogP contribution in [0.2, 0.25) is 0 Å². The summed E-state index contributed by atoms with van der Waals surface area (Å²) >= 11 is 0. The standard InChI is InChI=1S/C14H17F2N3/c1-3-19-9-12(10(2)18-19)8-17-7-11-4-13(15)6-14(16)5-11/h4-6,9,17H,3,7-8H2,1-2H3. The fourth-order valence-electron chi connectivity index (χ4n) is 1.95. The fourth-order valence-corrected chi connectivity index (χ4v) is 1.95. The van der Waals surface area contributed by atoms with Gasteiger partial charge in [0, 0.05) is 37.5 Å². The molecule has 102 valence electrons. The van der Waals surface area contributed by atoms with Crippen molar-refractivity contribution in [2.75, 3.05) is 0 Å². The van der Waals surface area contributed by atoms with Gasteiger partial charge >= 0.3 is 0 Å². The minimum Gasteiger partial charge on any atom is -0.308 e. The molecule has 2 aromatic rings. The van der Waals surface area contributed by atoms with Crippen molar-refractivity contribution in [1.29, 1.82) is 0 Å². The molecule has 0 saturated heterocycles. The van der Waals surface area contributed by atoms with Crippen LogP contribution < -0.4 is 5.32 Å². The van der Waals surface area contributed by atoms with Gasteiger partial charge in [0.2, 0.25) is 0 Å². The molecule has 2 rings (SSSR count). The molecule has 0 bridgehead atoms. The van der Waals surface area contributed by atoms with Gasteiger partial charge in [-0.1, -0.05) is 0 Å². The summed E-state index contributed by atoms with van der Waals surface area (Å²) in [6, 6.07) is 3.54. The van der Waals surface area contributed by atoms with Crippen molar-refractivity contribution in [3.05, 3.63) is 52.9 Å². The van der Waals surface area contributed by atoms with E-state index in [1.807, 2.05) is 24.7 Å². The second kappa shape index (κ2) is 5.93. The molecule has 1 N–H and O–H groups in total. The number of nitrogens with zero attached hydrogens (tertiary/aromatic N) is 2. The number of aromatic nitrogens is 2. The van der Waals surface area contributed by atoms with Gasteiger partial charge in [-0.25, -0.2) is 8.78 Å². The number of hydrogen-bond acceptors (Lipinski definition) is 2. The van der Waals surface area contributed by atoms with Crippen molar-refractivity contribution in [3.63, 3.8) is 0 Å². The average Bonchev–Trinajstić information content (AvgIpc) is 2.69. The Morgan fingerprint density at radius 3 is 2.42 bits per heavy atom. The van der Waals surface area contributed by atoms with E-state index < -0.39 is 11.6 Å². The first-order valence-electron chi connectivity index (χ1n) is 6.27. The number of aryl methyl sites for hydroxylation is 2. The van der Waals surface area contributed by atoms with E-state index in [4.69, 9.17) is 0 Å². The van der Waals surface area contributed by atoms with E-state index >= 15 is 0 Å². The summed E-state index contributed by atoms with van der Waals surface area (Å²) in [5.41, 5.74) is 2.66. The third kappa shape index (κ3) is 3.61. The Morgan fingerprint density at radius 2 is 1.84 bits per heavy atom. The van der Waals surface area contributed by atoms with Crippen LogP contribution in [0.3, 0.4) is 0 Å². The van der Waals surface area contributed by atoms with Crippen molar-refractivity contribution in [1.82, 2.24) is 15.1 Å².